The van der Waals surface area contributed by atoms with E-state index >= 15 is 0 Å². The molecule has 3 aliphatic rings. The molecule has 5 atom stereocenters. The zero-order valence-corrected chi connectivity index (χ0v) is 11.4. The van der Waals surface area contributed by atoms with Gasteiger partial charge in [-0.2, -0.15) is 0 Å². The molecule has 0 aromatic carbocycles. The molecular weight excluding hydrogens is 296 g/mol. The van der Waals surface area contributed by atoms with Gasteiger partial charge in [-0.3, -0.25) is 9.69 Å². The number of carbonyl (C=O) groups excluding carboxylic acids is 1. The van der Waals surface area contributed by atoms with Crippen molar-refractivity contribution in [3.05, 3.63) is 0 Å². The molecule has 1 amide bonds. The molecule has 1 unspecified atom stereocenters. The predicted octanol–water partition coefficient (Wildman–Crippen LogP) is -4.28. The van der Waals surface area contributed by atoms with Crippen molar-refractivity contribution in [2.75, 3.05) is 13.3 Å². The number of amidine groups is 2. The van der Waals surface area contributed by atoms with Crippen LogP contribution in [-0.2, 0) is 9.53 Å². The molecule has 22 heavy (non-hydrogen) atoms. The number of hydrogen-bond donors (Lipinski definition) is 5. The van der Waals surface area contributed by atoms with Crippen molar-refractivity contribution >= 4 is 23.9 Å². The summed E-state index contributed by atoms with van der Waals surface area (Å²) in [5.74, 6) is -0.893. The Morgan fingerprint density at radius 3 is 2.77 bits per heavy atom. The van der Waals surface area contributed by atoms with Crippen molar-refractivity contribution in [1.29, 1.82) is 0 Å². The summed E-state index contributed by atoms with van der Waals surface area (Å²) >= 11 is 0. The van der Waals surface area contributed by atoms with Gasteiger partial charge in [0.1, 0.15) is 30.8 Å². The van der Waals surface area contributed by atoms with Crippen LogP contribution in [0.15, 0.2) is 15.0 Å². The molecule has 0 radical (unpaired) electrons. The molecule has 3 rings (SSSR count). The van der Waals surface area contributed by atoms with Crippen LogP contribution in [-0.4, -0.2) is 87.5 Å². The highest BCUT2D eigenvalue weighted by atomic mass is 16.6. The van der Waals surface area contributed by atoms with E-state index in [0.717, 1.165) is 0 Å². The fourth-order valence-electron chi connectivity index (χ4n) is 2.71. The van der Waals surface area contributed by atoms with Gasteiger partial charge >= 0.3 is 0 Å². The van der Waals surface area contributed by atoms with Crippen LogP contribution >= 0.6 is 0 Å². The number of fused-ring (bicyclic) bond motifs is 1. The van der Waals surface area contributed by atoms with Crippen LogP contribution in [0.4, 0.5) is 0 Å². The Bertz CT molecular complexity index is 592. The highest BCUT2D eigenvalue weighted by Gasteiger charge is 2.57. The average Bonchev–Trinajstić information content (AvgIpc) is 3.01. The second-order valence-corrected chi connectivity index (χ2v) is 5.12. The molecule has 7 N–H and O–H groups in total. The molecule has 0 aromatic heterocycles. The second kappa shape index (κ2) is 4.98. The summed E-state index contributed by atoms with van der Waals surface area (Å²) < 4.78 is 5.40. The Morgan fingerprint density at radius 1 is 1.45 bits per heavy atom. The Morgan fingerprint density at radius 2 is 2.18 bits per heavy atom. The van der Waals surface area contributed by atoms with Crippen LogP contribution in [0.1, 0.15) is 0 Å². The third-order valence-corrected chi connectivity index (χ3v) is 3.92. The Balaban J connectivity index is 1.95. The van der Waals surface area contributed by atoms with E-state index in [9.17, 15) is 15.0 Å². The quantitative estimate of drug-likeness (QED) is 0.349. The van der Waals surface area contributed by atoms with Crippen molar-refractivity contribution in [1.82, 2.24) is 4.90 Å². The first-order chi connectivity index (χ1) is 10.4. The van der Waals surface area contributed by atoms with E-state index in [1.165, 1.54) is 11.2 Å². The van der Waals surface area contributed by atoms with Crippen molar-refractivity contribution < 1.29 is 24.9 Å². The molecule has 1 fully saturated rings. The molecule has 120 valence electrons. The molecule has 0 spiro atoms. The number of primary amides is 1. The van der Waals surface area contributed by atoms with Crippen molar-refractivity contribution in [2.24, 2.45) is 26.4 Å². The standard InChI is InChI=1S/C11H16N6O5/c12-8-11(9(13)21)10(15-2-14-8)17(3-16-11)7-6(20)5(19)4(1-18)22-7/h3-7,18-20H,1-2H2,(H2,12,14)(H2,13,21)/t4-,5-,6-,7-,11?/m1/s1. The van der Waals surface area contributed by atoms with E-state index < -0.39 is 42.6 Å². The van der Waals surface area contributed by atoms with Gasteiger partial charge in [0.05, 0.1) is 12.9 Å². The fraction of sp³-hybridized carbons (Fsp3) is 0.636. The van der Waals surface area contributed by atoms with Crippen molar-refractivity contribution in [3.8, 4) is 0 Å². The number of aliphatic imine (C=N–C) groups is 3. The van der Waals surface area contributed by atoms with Gasteiger partial charge in [0.2, 0.25) is 0 Å². The number of rotatable bonds is 3. The molecule has 3 heterocycles. The summed E-state index contributed by atoms with van der Waals surface area (Å²) in [6, 6.07) is 0. The normalized spacial score (nSPS) is 40.4. The second-order valence-electron chi connectivity index (χ2n) is 5.12. The van der Waals surface area contributed by atoms with Gasteiger partial charge in [-0.25, -0.2) is 15.0 Å². The molecule has 3 aliphatic heterocycles. The maximum atomic E-state index is 11.8. The lowest BCUT2D eigenvalue weighted by Crippen LogP contribution is -2.62. The van der Waals surface area contributed by atoms with Gasteiger partial charge in [0.25, 0.3) is 11.4 Å². The van der Waals surface area contributed by atoms with E-state index in [4.69, 9.17) is 21.3 Å². The van der Waals surface area contributed by atoms with Gasteiger partial charge in [-0.1, -0.05) is 0 Å². The molecule has 11 nitrogen and oxygen atoms in total. The average molecular weight is 312 g/mol. The Kier molecular flexibility index (Phi) is 3.36. The van der Waals surface area contributed by atoms with Crippen LogP contribution in [0.25, 0.3) is 0 Å². The Labute approximate surface area is 124 Å². The smallest absolute Gasteiger partial charge is 0.261 e. The summed E-state index contributed by atoms with van der Waals surface area (Å²) in [4.78, 5) is 25.1. The van der Waals surface area contributed by atoms with Crippen molar-refractivity contribution in [3.63, 3.8) is 0 Å². The van der Waals surface area contributed by atoms with Crippen LogP contribution < -0.4 is 11.5 Å². The number of carbonyl (C=O) groups is 1. The van der Waals surface area contributed by atoms with E-state index in [2.05, 4.69) is 15.0 Å². The summed E-state index contributed by atoms with van der Waals surface area (Å²) in [6.07, 6.45) is -3.47. The molecule has 11 heteroatoms. The fourth-order valence-corrected chi connectivity index (χ4v) is 2.71. The minimum Gasteiger partial charge on any atom is -0.394 e. The zero-order chi connectivity index (χ0) is 16.1. The van der Waals surface area contributed by atoms with Gasteiger partial charge in [-0.15, -0.1) is 0 Å². The molecular formula is C11H16N6O5. The van der Waals surface area contributed by atoms with Gasteiger partial charge < -0.3 is 31.5 Å². The topological polar surface area (TPSA) is 179 Å². The minimum absolute atomic E-state index is 0.0230. The lowest BCUT2D eigenvalue weighted by Gasteiger charge is -2.32. The lowest BCUT2D eigenvalue weighted by molar-refractivity contribution is -0.119. The zero-order valence-electron chi connectivity index (χ0n) is 11.4. The lowest BCUT2D eigenvalue weighted by atomic mass is 9.95. The van der Waals surface area contributed by atoms with Gasteiger partial charge in [0.15, 0.2) is 12.1 Å². The third kappa shape index (κ3) is 1.76. The van der Waals surface area contributed by atoms with Gasteiger partial charge in [0, 0.05) is 0 Å². The number of aliphatic hydroxyl groups is 3. The molecule has 0 aromatic rings. The highest BCUT2D eigenvalue weighted by molar-refractivity contribution is 6.34. The Hall–Kier alpha value is -2.08. The van der Waals surface area contributed by atoms with Crippen LogP contribution in [0.2, 0.25) is 0 Å². The molecule has 0 aliphatic carbocycles. The van der Waals surface area contributed by atoms with E-state index in [-0.39, 0.29) is 18.3 Å². The first kappa shape index (κ1) is 14.8. The van der Waals surface area contributed by atoms with E-state index in [1.54, 1.807) is 0 Å². The predicted molar refractivity (Wildman–Crippen MR) is 73.9 cm³/mol. The number of aliphatic hydroxyl groups excluding tert-OH is 3. The SMILES string of the molecule is NC(=O)C12N=CN([C@@H]3O[C@H](CO)[C@@H](O)[C@H]3O)C1=NCN=C2N. The van der Waals surface area contributed by atoms with Crippen LogP contribution in [0, 0.1) is 0 Å². The highest BCUT2D eigenvalue weighted by Crippen LogP contribution is 2.31. The van der Waals surface area contributed by atoms with E-state index in [1.807, 2.05) is 0 Å². The van der Waals surface area contributed by atoms with Gasteiger partial charge in [-0.05, 0) is 0 Å². The number of nitrogens with zero attached hydrogens (tertiary/aromatic N) is 4. The maximum Gasteiger partial charge on any atom is 0.261 e. The summed E-state index contributed by atoms with van der Waals surface area (Å²) in [7, 11) is 0. The number of ether oxygens (including phenoxy) is 1. The number of nitrogens with two attached hydrogens (primary N) is 2. The molecule has 1 saturated heterocycles. The van der Waals surface area contributed by atoms with Crippen molar-refractivity contribution in [2.45, 2.75) is 30.1 Å². The minimum atomic E-state index is -1.73. The molecule has 0 bridgehead atoms. The monoisotopic (exact) mass is 312 g/mol. The number of amides is 1. The van der Waals surface area contributed by atoms with Crippen LogP contribution in [0.3, 0.4) is 0 Å². The number of hydrogen-bond acceptors (Lipinski definition) is 10. The maximum absolute atomic E-state index is 11.8. The summed E-state index contributed by atoms with van der Waals surface area (Å²) in [5, 5.41) is 29.0. The summed E-state index contributed by atoms with van der Waals surface area (Å²) in [5.41, 5.74) is 9.43. The first-order valence-corrected chi connectivity index (χ1v) is 6.55. The van der Waals surface area contributed by atoms with Crippen LogP contribution in [0.5, 0.6) is 0 Å². The summed E-state index contributed by atoms with van der Waals surface area (Å²) in [6.45, 7) is -0.498. The molecule has 0 saturated carbocycles. The largest absolute Gasteiger partial charge is 0.394 e. The van der Waals surface area contributed by atoms with E-state index in [0.29, 0.717) is 0 Å². The first-order valence-electron chi connectivity index (χ1n) is 6.55. The third-order valence-electron chi connectivity index (χ3n) is 3.92.